The Kier molecular flexibility index (Phi) is 11.9. The van der Waals surface area contributed by atoms with E-state index in [9.17, 15) is 5.48 Å². The second kappa shape index (κ2) is 23.9. The highest BCUT2D eigenvalue weighted by Gasteiger charge is 2.26. The van der Waals surface area contributed by atoms with Crippen LogP contribution in [0.25, 0.3) is 94.1 Å². The van der Waals surface area contributed by atoms with Crippen LogP contribution in [0.2, 0.25) is 0 Å². The largest absolute Gasteiger partial charge is 0.458 e. The van der Waals surface area contributed by atoms with Crippen LogP contribution in [-0.2, 0) is 42.1 Å². The Hall–Kier alpha value is -9.78. The molecule has 14 aromatic rings. The highest BCUT2D eigenvalue weighted by molar-refractivity contribution is 6.17. The zero-order valence-electron chi connectivity index (χ0n) is 66.2. The van der Waals surface area contributed by atoms with Gasteiger partial charge in [-0.1, -0.05) is 238 Å². The summed E-state index contributed by atoms with van der Waals surface area (Å²) >= 11 is 0. The molecule has 0 saturated carbocycles. The summed E-state index contributed by atoms with van der Waals surface area (Å²) in [6.07, 6.45) is 9.92. The van der Waals surface area contributed by atoms with Crippen LogP contribution in [0.15, 0.2) is 242 Å². The van der Waals surface area contributed by atoms with E-state index < -0.39 is 54.4 Å². The number of hydrogen-bond acceptors (Lipinski definition) is 2. The summed E-state index contributed by atoms with van der Waals surface area (Å²) in [6.45, 7) is 20.5. The first-order chi connectivity index (χ1) is 49.4. The lowest BCUT2D eigenvalue weighted by atomic mass is 9.79. The van der Waals surface area contributed by atoms with Gasteiger partial charge in [-0.05, 0) is 159 Å². The molecule has 4 aromatic heterocycles. The molecule has 0 radical (unpaired) electrons. The smallest absolute Gasteiger partial charge is 0.244 e. The maximum absolute atomic E-state index is 9.66. The van der Waals surface area contributed by atoms with Crippen molar-refractivity contribution in [3.63, 3.8) is 0 Å². The zero-order chi connectivity index (χ0) is 73.9. The monoisotopic (exact) mass is 1200 g/mol. The average molecular weight is 1200 g/mol. The van der Waals surface area contributed by atoms with E-state index in [2.05, 4.69) is 120 Å². The molecule has 0 atom stereocenters. The van der Waals surface area contributed by atoms with Crippen molar-refractivity contribution in [3.05, 3.63) is 282 Å². The van der Waals surface area contributed by atoms with Crippen LogP contribution in [0, 0.1) is 6.33 Å². The van der Waals surface area contributed by atoms with E-state index in [1.54, 1.807) is 16.8 Å². The minimum absolute atomic E-state index is 0.0291. The second-order valence-corrected chi connectivity index (χ2v) is 27.1. The van der Waals surface area contributed by atoms with Gasteiger partial charge in [0.2, 0.25) is 6.33 Å². The number of aromatic nitrogens is 5. The van der Waals surface area contributed by atoms with Crippen LogP contribution >= 0.6 is 0 Å². The van der Waals surface area contributed by atoms with Crippen molar-refractivity contribution in [2.24, 2.45) is 0 Å². The number of aryl methyl sites for hydroxylation is 3. The molecule has 6 nitrogen and oxygen atoms in total. The van der Waals surface area contributed by atoms with Gasteiger partial charge in [0.25, 0.3) is 0 Å². The van der Waals surface area contributed by atoms with Gasteiger partial charge < -0.3 is 18.4 Å². The second-order valence-electron chi connectivity index (χ2n) is 27.1. The summed E-state index contributed by atoms with van der Waals surface area (Å²) in [5.74, 6) is 1.32. The summed E-state index contributed by atoms with van der Waals surface area (Å²) in [4.78, 5) is 5.03. The van der Waals surface area contributed by atoms with Crippen LogP contribution in [0.3, 0.4) is 0 Å². The summed E-state index contributed by atoms with van der Waals surface area (Å²) in [6, 6.07) is 47.1. The standard InChI is InChI=1S/C85H81N5O/c1-83(2,3)63-46-47-86-81(53-63)90-76-45-44-62(59-28-12-10-13-29-59)51-73(76)82-79(89-74-40-18-16-37-71(74)72-38-17-19-41-75(72)89)55-68(56-80(82)90)91-67-35-26-34-66(54-67)88-57-87(77-42-20-21-43-78(77)88)48-23-22-36-69-61(33-25-39-70(69)60-30-14-11-15-31-60)32-24-27-58-49-64(84(4,5)6)52-65(50-58)85(7,8)9/h10-21,25-26,28-31,33-35,37-47,49-56H,22-24,27,32,36,48H2,1-9H3/i11D,14D,15D,16D,17D,18D,19D,30D,31D,37D,38D,40D,41D. The summed E-state index contributed by atoms with van der Waals surface area (Å²) in [7, 11) is 0. The normalized spacial score (nSPS) is 14.3. The Balaban J connectivity index is 0.859. The van der Waals surface area contributed by atoms with Crippen molar-refractivity contribution >= 4 is 54.6 Å². The maximum Gasteiger partial charge on any atom is 0.244 e. The summed E-state index contributed by atoms with van der Waals surface area (Å²) in [5, 5.41) is 1.23. The van der Waals surface area contributed by atoms with Crippen molar-refractivity contribution in [2.75, 3.05) is 0 Å². The first-order valence-electron chi connectivity index (χ1n) is 38.1. The molecule has 4 heterocycles. The van der Waals surface area contributed by atoms with Gasteiger partial charge in [0.1, 0.15) is 17.3 Å². The van der Waals surface area contributed by atoms with Gasteiger partial charge >= 0.3 is 0 Å². The molecule has 0 bridgehead atoms. The number of unbranched alkanes of at least 4 members (excludes halogenated alkanes) is 1. The topological polar surface area (TPSA) is 40.8 Å². The lowest BCUT2D eigenvalue weighted by molar-refractivity contribution is -0.676. The minimum atomic E-state index is -0.540. The van der Waals surface area contributed by atoms with Gasteiger partial charge in [0, 0.05) is 39.9 Å². The van der Waals surface area contributed by atoms with Gasteiger partial charge in [-0.15, -0.1) is 0 Å². The molecule has 0 aliphatic rings. The van der Waals surface area contributed by atoms with E-state index in [1.165, 1.54) is 16.7 Å². The molecular formula is C85H81N5O. The minimum Gasteiger partial charge on any atom is -0.458 e. The van der Waals surface area contributed by atoms with Gasteiger partial charge in [-0.3, -0.25) is 4.57 Å². The number of nitrogens with zero attached hydrogens (tertiary/aromatic N) is 5. The van der Waals surface area contributed by atoms with Gasteiger partial charge in [0.15, 0.2) is 0 Å². The quantitative estimate of drug-likeness (QED) is 0.0550. The third-order valence-corrected chi connectivity index (χ3v) is 17.7. The fraction of sp³-hybridized carbons (Fsp3) is 0.224. The molecule has 0 aliphatic carbocycles. The van der Waals surface area contributed by atoms with E-state index in [0.717, 1.165) is 81.1 Å². The number of pyridine rings is 1. The van der Waals surface area contributed by atoms with E-state index in [4.69, 9.17) is 22.1 Å². The van der Waals surface area contributed by atoms with Crippen LogP contribution in [0.1, 0.15) is 133 Å². The van der Waals surface area contributed by atoms with E-state index in [1.807, 2.05) is 114 Å². The number of fused-ring (bicyclic) bond motifs is 7. The molecule has 0 unspecified atom stereocenters. The summed E-state index contributed by atoms with van der Waals surface area (Å²) in [5.41, 5.74) is 13.5. The molecule has 0 N–H and O–H groups in total. The number of benzene rings is 10. The molecule has 6 heteroatoms. The van der Waals surface area contributed by atoms with Crippen molar-refractivity contribution in [2.45, 2.75) is 124 Å². The molecule has 0 spiro atoms. The maximum atomic E-state index is 9.66. The first kappa shape index (κ1) is 45.5. The number of para-hydroxylation sites is 4. The molecule has 0 fully saturated rings. The molecule has 91 heavy (non-hydrogen) atoms. The van der Waals surface area contributed by atoms with Crippen molar-refractivity contribution < 1.29 is 27.1 Å². The van der Waals surface area contributed by atoms with Crippen molar-refractivity contribution in [1.82, 2.24) is 18.7 Å². The van der Waals surface area contributed by atoms with Crippen LogP contribution in [-0.4, -0.2) is 18.7 Å². The summed E-state index contributed by atoms with van der Waals surface area (Å²) < 4.78 is 133. The highest BCUT2D eigenvalue weighted by Crippen LogP contribution is 2.45. The van der Waals surface area contributed by atoms with Gasteiger partial charge in [-0.25, -0.2) is 4.98 Å². The first-order valence-corrected chi connectivity index (χ1v) is 31.6. The molecular weight excluding hydrogens is 1110 g/mol. The lowest BCUT2D eigenvalue weighted by Crippen LogP contribution is -2.32. The SMILES string of the molecule is [2H]c1c([2H])c([2H])c(-c2cccc(CCCc3cc(C(C)(C)C)cc(C(C)(C)C)c3)c2CCCC[n+]2[c-]n(-c3cccc(Oc4cc(-n5c6c([2H])c([2H])c([2H])c([2H])c6c6c([2H])c([2H])c([2H])c([2H])c65)c5c6cc(-c7ccccc7)ccc6n(-c6cc(C(C)(C)C)ccn6)c5c4)c3)c3ccccc32)c([2H])c1[2H]. The third kappa shape index (κ3) is 11.7. The fourth-order valence-electron chi connectivity index (χ4n) is 12.9. The molecule has 0 aliphatic heterocycles. The van der Waals surface area contributed by atoms with E-state index >= 15 is 0 Å². The number of rotatable bonds is 16. The van der Waals surface area contributed by atoms with Crippen molar-refractivity contribution in [3.8, 4) is 50.9 Å². The predicted octanol–water partition coefficient (Wildman–Crippen LogP) is 21.5. The number of hydrogen-bond donors (Lipinski definition) is 0. The third-order valence-electron chi connectivity index (χ3n) is 17.7. The number of ether oxygens (including phenoxy) is 1. The van der Waals surface area contributed by atoms with Crippen LogP contribution < -0.4 is 9.30 Å². The zero-order valence-corrected chi connectivity index (χ0v) is 53.2. The molecule has 14 rings (SSSR count). The lowest BCUT2D eigenvalue weighted by Gasteiger charge is -2.26. The molecule has 10 aromatic carbocycles. The average Bonchev–Trinajstić information content (AvgIpc) is 1.53. The Morgan fingerprint density at radius 1 is 0.473 bits per heavy atom. The Bertz CT molecular complexity index is 5680. The van der Waals surface area contributed by atoms with Crippen LogP contribution in [0.5, 0.6) is 11.5 Å². The van der Waals surface area contributed by atoms with E-state index in [0.29, 0.717) is 58.9 Å². The highest BCUT2D eigenvalue weighted by atomic mass is 16.5. The Morgan fingerprint density at radius 2 is 1.16 bits per heavy atom. The van der Waals surface area contributed by atoms with Crippen LogP contribution in [0.4, 0.5) is 0 Å². The molecule has 452 valence electrons. The van der Waals surface area contributed by atoms with E-state index in [-0.39, 0.29) is 67.8 Å². The van der Waals surface area contributed by atoms with Crippen molar-refractivity contribution in [1.29, 1.82) is 0 Å². The number of imidazole rings is 1. The van der Waals surface area contributed by atoms with Gasteiger partial charge in [0.05, 0.1) is 68.8 Å². The Labute approximate surface area is 555 Å². The molecule has 0 saturated heterocycles. The fourth-order valence-corrected chi connectivity index (χ4v) is 12.9. The molecule has 0 amide bonds. The predicted molar refractivity (Wildman–Crippen MR) is 380 cm³/mol. The Morgan fingerprint density at radius 3 is 1.90 bits per heavy atom. The van der Waals surface area contributed by atoms with Gasteiger partial charge in [-0.2, -0.15) is 0 Å².